The van der Waals surface area contributed by atoms with Gasteiger partial charge in [-0.05, 0) is 120 Å². The molecule has 0 bridgehead atoms. The summed E-state index contributed by atoms with van der Waals surface area (Å²) in [6.07, 6.45) is 5.60. The van der Waals surface area contributed by atoms with Gasteiger partial charge in [0.1, 0.15) is 5.75 Å². The molecule has 0 unspecified atom stereocenters. The van der Waals surface area contributed by atoms with Gasteiger partial charge in [0, 0.05) is 64.8 Å². The van der Waals surface area contributed by atoms with Crippen molar-refractivity contribution in [3.63, 3.8) is 0 Å². The number of anilines is 3. The number of amides is 3. The van der Waals surface area contributed by atoms with Gasteiger partial charge in [0.15, 0.2) is 0 Å². The zero-order chi connectivity index (χ0) is 47.0. The molecule has 0 saturated heterocycles. The first-order chi connectivity index (χ1) is 32.2. The van der Waals surface area contributed by atoms with E-state index < -0.39 is 0 Å². The lowest BCUT2D eigenvalue weighted by Crippen LogP contribution is -2.33. The van der Waals surface area contributed by atoms with Crippen molar-refractivity contribution in [3.8, 4) is 28.0 Å². The number of rotatable bonds is 7. The standard InChI is InChI=1S/C31H32N2O3.C26H23N3O2.CH4/c1-20-5-12-25-26(15-20)27(18-32-30(25)35)22-8-6-21(7-9-22)16-29(34)33-14-13-23-10-11-24(17-28(23)33)36-19-31(2,3)4;1-16-7-9-21-22(13-16)23(15-27-25(21)30)20-10-8-19(14-17(20)2)28-26(31)29-12-11-18-5-3-4-6-24(18)29;/h5-12,15,17-18H,13-14,16,19H2,1-4H3,(H,32,35);3-10,13-15H,11-12H2,1-2H3,(H,27,30)(H,28,31);1H4. The quantitative estimate of drug-likeness (QED) is 0.147. The molecule has 10 nitrogen and oxygen atoms in total. The number of aryl methyl sites for hydroxylation is 3. The highest BCUT2D eigenvalue weighted by Crippen LogP contribution is 2.35. The number of urea groups is 1. The Morgan fingerprint density at radius 1 is 0.632 bits per heavy atom. The molecule has 6 aromatic carbocycles. The van der Waals surface area contributed by atoms with Crippen molar-refractivity contribution in [2.45, 2.75) is 68.2 Å². The first-order valence-corrected chi connectivity index (χ1v) is 22.9. The van der Waals surface area contributed by atoms with E-state index in [1.807, 2.05) is 135 Å². The Bertz CT molecular complexity index is 3330. The molecule has 8 aromatic rings. The number of carbonyl (C=O) groups is 2. The second kappa shape index (κ2) is 19.2. The van der Waals surface area contributed by atoms with Crippen LogP contribution in [0.3, 0.4) is 0 Å². The Morgan fingerprint density at radius 2 is 1.25 bits per heavy atom. The van der Waals surface area contributed by atoms with Crippen LogP contribution in [0.25, 0.3) is 43.8 Å². The molecule has 3 N–H and O–H groups in total. The van der Waals surface area contributed by atoms with Crippen molar-refractivity contribution < 1.29 is 14.3 Å². The largest absolute Gasteiger partial charge is 0.493 e. The van der Waals surface area contributed by atoms with Crippen LogP contribution in [0.15, 0.2) is 143 Å². The third-order valence-corrected chi connectivity index (χ3v) is 12.6. The molecule has 0 radical (unpaired) electrons. The summed E-state index contributed by atoms with van der Waals surface area (Å²) in [6.45, 7) is 14.5. The third kappa shape index (κ3) is 9.86. The fourth-order valence-corrected chi connectivity index (χ4v) is 9.07. The number of benzene rings is 6. The van der Waals surface area contributed by atoms with Crippen LogP contribution >= 0.6 is 0 Å². The van der Waals surface area contributed by atoms with Crippen molar-refractivity contribution >= 4 is 50.5 Å². The Kier molecular flexibility index (Phi) is 13.2. The summed E-state index contributed by atoms with van der Waals surface area (Å²) in [4.78, 5) is 60.0. The maximum Gasteiger partial charge on any atom is 0.326 e. The van der Waals surface area contributed by atoms with Crippen LogP contribution < -0.4 is 31.0 Å². The first-order valence-electron chi connectivity index (χ1n) is 22.9. The van der Waals surface area contributed by atoms with E-state index in [4.69, 9.17) is 4.74 Å². The summed E-state index contributed by atoms with van der Waals surface area (Å²) in [5.74, 6) is 0.885. The van der Waals surface area contributed by atoms with Gasteiger partial charge in [0.2, 0.25) is 5.91 Å². The number of fused-ring (bicyclic) bond motifs is 4. The van der Waals surface area contributed by atoms with Crippen molar-refractivity contribution in [3.05, 3.63) is 188 Å². The molecular formula is C58H59N5O5. The highest BCUT2D eigenvalue weighted by molar-refractivity contribution is 6.04. The highest BCUT2D eigenvalue weighted by Gasteiger charge is 2.27. The molecule has 0 spiro atoms. The number of nitrogens with zero attached hydrogens (tertiary/aromatic N) is 2. The number of hydrogen-bond donors (Lipinski definition) is 3. The van der Waals surface area contributed by atoms with E-state index in [9.17, 15) is 19.2 Å². The zero-order valence-electron chi connectivity index (χ0n) is 38.9. The monoisotopic (exact) mass is 905 g/mol. The number of hydrogen-bond acceptors (Lipinski definition) is 5. The number of pyridine rings is 2. The number of carbonyl (C=O) groups excluding carboxylic acids is 2. The van der Waals surface area contributed by atoms with E-state index in [-0.39, 0.29) is 35.9 Å². The Balaban J connectivity index is 0.000000183. The van der Waals surface area contributed by atoms with Gasteiger partial charge in [-0.25, -0.2) is 4.79 Å². The molecule has 2 aliphatic heterocycles. The molecule has 0 saturated carbocycles. The van der Waals surface area contributed by atoms with E-state index in [1.54, 1.807) is 17.3 Å². The Labute approximate surface area is 397 Å². The smallest absolute Gasteiger partial charge is 0.326 e. The molecule has 4 heterocycles. The van der Waals surface area contributed by atoms with Crippen LogP contribution in [0.2, 0.25) is 0 Å². The topological polar surface area (TPSA) is 128 Å². The van der Waals surface area contributed by atoms with Crippen LogP contribution in [-0.2, 0) is 24.1 Å². The molecular weight excluding hydrogens is 847 g/mol. The number of aromatic amines is 2. The van der Waals surface area contributed by atoms with Crippen molar-refractivity contribution in [1.29, 1.82) is 0 Å². The van der Waals surface area contributed by atoms with Crippen molar-refractivity contribution in [2.24, 2.45) is 5.41 Å². The summed E-state index contributed by atoms with van der Waals surface area (Å²) in [5.41, 5.74) is 13.1. The molecule has 10 rings (SSSR count). The third-order valence-electron chi connectivity index (χ3n) is 12.6. The fourth-order valence-electron chi connectivity index (χ4n) is 9.07. The van der Waals surface area contributed by atoms with Gasteiger partial charge < -0.3 is 24.9 Å². The van der Waals surface area contributed by atoms with Gasteiger partial charge in [-0.3, -0.25) is 19.3 Å². The molecule has 2 aromatic heterocycles. The van der Waals surface area contributed by atoms with E-state index in [0.717, 1.165) is 90.9 Å². The summed E-state index contributed by atoms with van der Waals surface area (Å²) in [6, 6.07) is 39.6. The van der Waals surface area contributed by atoms with Gasteiger partial charge in [0.25, 0.3) is 11.1 Å². The zero-order valence-corrected chi connectivity index (χ0v) is 38.9. The fraction of sp³-hybridized carbons (Fsp3) is 0.241. The number of para-hydroxylation sites is 1. The second-order valence-electron chi connectivity index (χ2n) is 19.0. The van der Waals surface area contributed by atoms with E-state index >= 15 is 0 Å². The maximum absolute atomic E-state index is 13.3. The van der Waals surface area contributed by atoms with E-state index in [0.29, 0.717) is 36.9 Å². The Morgan fingerprint density at radius 3 is 1.91 bits per heavy atom. The normalized spacial score (nSPS) is 12.8. The molecule has 68 heavy (non-hydrogen) atoms. The van der Waals surface area contributed by atoms with E-state index in [1.165, 1.54) is 11.1 Å². The predicted octanol–water partition coefficient (Wildman–Crippen LogP) is 12.1. The van der Waals surface area contributed by atoms with Gasteiger partial charge in [-0.15, -0.1) is 0 Å². The highest BCUT2D eigenvalue weighted by atomic mass is 16.5. The lowest BCUT2D eigenvalue weighted by molar-refractivity contribution is -0.117. The summed E-state index contributed by atoms with van der Waals surface area (Å²) >= 11 is 0. The number of ether oxygens (including phenoxy) is 1. The van der Waals surface area contributed by atoms with Crippen molar-refractivity contribution in [2.75, 3.05) is 34.8 Å². The SMILES string of the molecule is C.Cc1ccc2c(=O)[nH]cc(-c3ccc(CC(=O)N4CCc5ccc(OCC(C)(C)C)cc54)cc3)c2c1.Cc1ccc2c(=O)[nH]cc(-c3ccc(NC(=O)N4CCc5ccccc54)cc3C)c2c1. The second-order valence-corrected chi connectivity index (χ2v) is 19.0. The number of H-pyrrole nitrogens is 2. The average molecular weight is 906 g/mol. The summed E-state index contributed by atoms with van der Waals surface area (Å²) < 4.78 is 5.98. The lowest BCUT2D eigenvalue weighted by Gasteiger charge is -2.21. The van der Waals surface area contributed by atoms with Crippen LogP contribution in [0.4, 0.5) is 21.9 Å². The average Bonchev–Trinajstić information content (AvgIpc) is 3.94. The minimum Gasteiger partial charge on any atom is -0.493 e. The van der Waals surface area contributed by atoms with Gasteiger partial charge in [-0.2, -0.15) is 0 Å². The molecule has 10 heteroatoms. The van der Waals surface area contributed by atoms with Crippen LogP contribution in [0, 0.1) is 26.2 Å². The van der Waals surface area contributed by atoms with Crippen LogP contribution in [-0.4, -0.2) is 41.6 Å². The number of nitrogens with one attached hydrogen (secondary N) is 3. The minimum atomic E-state index is -0.123. The molecule has 346 valence electrons. The minimum absolute atomic E-state index is 0. The van der Waals surface area contributed by atoms with Crippen LogP contribution in [0.1, 0.15) is 61.6 Å². The van der Waals surface area contributed by atoms with E-state index in [2.05, 4.69) is 48.2 Å². The molecule has 3 amide bonds. The van der Waals surface area contributed by atoms with Gasteiger partial charge in [-0.1, -0.05) is 118 Å². The summed E-state index contributed by atoms with van der Waals surface area (Å²) in [5, 5.41) is 6.24. The van der Waals surface area contributed by atoms with Gasteiger partial charge >= 0.3 is 6.03 Å². The predicted molar refractivity (Wildman–Crippen MR) is 279 cm³/mol. The summed E-state index contributed by atoms with van der Waals surface area (Å²) in [7, 11) is 0. The maximum atomic E-state index is 13.3. The van der Waals surface area contributed by atoms with Gasteiger partial charge in [0.05, 0.1) is 18.7 Å². The number of aromatic nitrogens is 2. The molecule has 0 atom stereocenters. The molecule has 2 aliphatic rings. The Hall–Kier alpha value is -7.72. The van der Waals surface area contributed by atoms with Crippen LogP contribution in [0.5, 0.6) is 5.75 Å². The van der Waals surface area contributed by atoms with Crippen molar-refractivity contribution in [1.82, 2.24) is 9.97 Å². The first kappa shape index (κ1) is 46.8. The molecule has 0 fully saturated rings. The molecule has 0 aliphatic carbocycles. The lowest BCUT2D eigenvalue weighted by atomic mass is 9.96.